The highest BCUT2D eigenvalue weighted by Gasteiger charge is 2.26. The Morgan fingerprint density at radius 1 is 1.39 bits per heavy atom. The number of carboxylic acid groups (broad SMARTS) is 1. The maximum atomic E-state index is 12.0. The van der Waals surface area contributed by atoms with E-state index in [1.165, 1.54) is 0 Å². The first-order chi connectivity index (χ1) is 8.30. The molecule has 4 nitrogen and oxygen atoms in total. The van der Waals surface area contributed by atoms with Gasteiger partial charge in [-0.2, -0.15) is 0 Å². The molecule has 1 unspecified atom stereocenters. The average Bonchev–Trinajstić information content (AvgIpc) is 2.66. The minimum absolute atomic E-state index is 0.0994. The van der Waals surface area contributed by atoms with Crippen LogP contribution in [-0.4, -0.2) is 28.3 Å². The number of carboxylic acids is 1. The van der Waals surface area contributed by atoms with Crippen molar-refractivity contribution < 1.29 is 19.4 Å². The predicted octanol–water partition coefficient (Wildman–Crippen LogP) is 3.11. The van der Waals surface area contributed by atoms with Gasteiger partial charge >= 0.3 is 5.97 Å². The summed E-state index contributed by atoms with van der Waals surface area (Å²) in [4.78, 5) is 21.0. The van der Waals surface area contributed by atoms with E-state index in [2.05, 4.69) is 0 Å². The molecule has 0 aromatic rings. The van der Waals surface area contributed by atoms with Gasteiger partial charge in [0.05, 0.1) is 6.16 Å². The molecule has 0 heterocycles. The molecule has 1 fully saturated rings. The maximum absolute atomic E-state index is 12.0. The summed E-state index contributed by atoms with van der Waals surface area (Å²) in [5.74, 6) is -0.683. The van der Waals surface area contributed by atoms with Crippen molar-refractivity contribution in [2.24, 2.45) is 11.8 Å². The van der Waals surface area contributed by atoms with E-state index in [1.807, 2.05) is 13.8 Å². The van der Waals surface area contributed by atoms with Gasteiger partial charge in [0.1, 0.15) is 0 Å². The van der Waals surface area contributed by atoms with Gasteiger partial charge in [-0.05, 0) is 24.7 Å². The fraction of sp³-hybridized carbons (Fsp3) is 0.769. The molecule has 104 valence electrons. The Kier molecular flexibility index (Phi) is 5.61. The first-order valence-electron chi connectivity index (χ1n) is 6.55. The normalized spacial score (nSPS) is 21.2. The summed E-state index contributed by atoms with van der Waals surface area (Å²) in [5.41, 5.74) is 0.119. The molecule has 5 heteroatoms. The first kappa shape index (κ1) is 15.5. The molecule has 1 aliphatic rings. The van der Waals surface area contributed by atoms with Gasteiger partial charge in [-0.15, -0.1) is 0 Å². The maximum Gasteiger partial charge on any atom is 0.331 e. The van der Waals surface area contributed by atoms with Crippen molar-refractivity contribution in [3.8, 4) is 0 Å². The van der Waals surface area contributed by atoms with Crippen molar-refractivity contribution in [1.29, 1.82) is 0 Å². The molecule has 1 rings (SSSR count). The summed E-state index contributed by atoms with van der Waals surface area (Å²) in [7, 11) is -3.36. The van der Waals surface area contributed by atoms with Gasteiger partial charge in [0.2, 0.25) is 7.37 Å². The Hall–Kier alpha value is -0.600. The van der Waals surface area contributed by atoms with Crippen LogP contribution in [0.15, 0.2) is 11.6 Å². The predicted molar refractivity (Wildman–Crippen MR) is 72.1 cm³/mol. The molecule has 0 aliphatic heterocycles. The molecule has 2 N–H and O–H groups in total. The van der Waals surface area contributed by atoms with Crippen molar-refractivity contribution in [3.63, 3.8) is 0 Å². The van der Waals surface area contributed by atoms with Crippen molar-refractivity contribution in [3.05, 3.63) is 11.6 Å². The Bertz CT molecular complexity index is 367. The van der Waals surface area contributed by atoms with E-state index in [4.69, 9.17) is 5.11 Å². The Balaban J connectivity index is 2.74. The Labute approximate surface area is 109 Å². The van der Waals surface area contributed by atoms with Gasteiger partial charge in [-0.25, -0.2) is 4.79 Å². The molecule has 1 saturated carbocycles. The van der Waals surface area contributed by atoms with E-state index in [0.717, 1.165) is 25.7 Å². The summed E-state index contributed by atoms with van der Waals surface area (Å²) in [6.45, 7) is 3.73. The lowest BCUT2D eigenvalue weighted by Crippen LogP contribution is -2.11. The molecule has 0 aromatic heterocycles. The standard InChI is InChI=1S/C13H23O4P/c1-10(2)8-18(16,17)9-12(13(14)15)7-11-5-3-4-6-11/h7,10-11H,3-6,8-9H2,1-2H3,(H,14,15)(H,16,17). The average molecular weight is 274 g/mol. The fourth-order valence-corrected chi connectivity index (χ4v) is 4.54. The van der Waals surface area contributed by atoms with Crippen LogP contribution in [0.3, 0.4) is 0 Å². The minimum Gasteiger partial charge on any atom is -0.478 e. The van der Waals surface area contributed by atoms with Gasteiger partial charge < -0.3 is 10.00 Å². The highest BCUT2D eigenvalue weighted by Crippen LogP contribution is 2.44. The van der Waals surface area contributed by atoms with Gasteiger partial charge in [-0.3, -0.25) is 4.57 Å². The lowest BCUT2D eigenvalue weighted by atomic mass is 10.1. The van der Waals surface area contributed by atoms with E-state index >= 15 is 0 Å². The molecule has 0 amide bonds. The summed E-state index contributed by atoms with van der Waals surface area (Å²) < 4.78 is 12.0. The van der Waals surface area contributed by atoms with Gasteiger partial charge in [0.25, 0.3) is 0 Å². The van der Waals surface area contributed by atoms with Crippen LogP contribution in [0.4, 0.5) is 0 Å². The van der Waals surface area contributed by atoms with Gasteiger partial charge in [0, 0.05) is 11.7 Å². The van der Waals surface area contributed by atoms with Crippen LogP contribution in [0.2, 0.25) is 0 Å². The van der Waals surface area contributed by atoms with Crippen LogP contribution in [0, 0.1) is 11.8 Å². The Morgan fingerprint density at radius 2 is 1.94 bits per heavy atom. The van der Waals surface area contributed by atoms with Gasteiger partial charge in [-0.1, -0.05) is 32.8 Å². The van der Waals surface area contributed by atoms with E-state index in [1.54, 1.807) is 6.08 Å². The first-order valence-corrected chi connectivity index (χ1v) is 8.58. The summed E-state index contributed by atoms with van der Waals surface area (Å²) in [6, 6.07) is 0. The zero-order valence-electron chi connectivity index (χ0n) is 11.1. The highest BCUT2D eigenvalue weighted by atomic mass is 31.2. The van der Waals surface area contributed by atoms with E-state index in [0.29, 0.717) is 0 Å². The second-order valence-electron chi connectivity index (χ2n) is 5.62. The molecular weight excluding hydrogens is 251 g/mol. The summed E-state index contributed by atoms with van der Waals surface area (Å²) in [5, 5.41) is 9.13. The number of rotatable bonds is 6. The molecule has 0 bridgehead atoms. The quantitative estimate of drug-likeness (QED) is 0.576. The van der Waals surface area contributed by atoms with Gasteiger partial charge in [0.15, 0.2) is 0 Å². The number of carbonyl (C=O) groups is 1. The third-order valence-corrected chi connectivity index (χ3v) is 5.31. The molecule has 0 aromatic carbocycles. The van der Waals surface area contributed by atoms with E-state index < -0.39 is 13.3 Å². The number of aliphatic carboxylic acids is 1. The molecule has 18 heavy (non-hydrogen) atoms. The zero-order valence-corrected chi connectivity index (χ0v) is 12.0. The van der Waals surface area contributed by atoms with Crippen LogP contribution in [-0.2, 0) is 9.36 Å². The molecule has 0 spiro atoms. The van der Waals surface area contributed by atoms with Crippen molar-refractivity contribution in [2.45, 2.75) is 39.5 Å². The summed E-state index contributed by atoms with van der Waals surface area (Å²) in [6.07, 6.45) is 5.93. The van der Waals surface area contributed by atoms with Crippen LogP contribution < -0.4 is 0 Å². The van der Waals surface area contributed by atoms with Crippen molar-refractivity contribution in [2.75, 3.05) is 12.3 Å². The number of hydrogen-bond donors (Lipinski definition) is 2. The smallest absolute Gasteiger partial charge is 0.331 e. The highest BCUT2D eigenvalue weighted by molar-refractivity contribution is 7.58. The van der Waals surface area contributed by atoms with Crippen LogP contribution in [0.5, 0.6) is 0 Å². The SMILES string of the molecule is CC(C)CP(=O)(O)CC(=CC1CCCC1)C(=O)O. The third kappa shape index (κ3) is 5.36. The molecule has 1 aliphatic carbocycles. The second kappa shape index (κ2) is 6.53. The lowest BCUT2D eigenvalue weighted by Gasteiger charge is -2.15. The van der Waals surface area contributed by atoms with E-state index in [-0.39, 0.29) is 29.7 Å². The van der Waals surface area contributed by atoms with Crippen LogP contribution in [0.1, 0.15) is 39.5 Å². The van der Waals surface area contributed by atoms with Crippen LogP contribution in [0.25, 0.3) is 0 Å². The summed E-state index contributed by atoms with van der Waals surface area (Å²) >= 11 is 0. The van der Waals surface area contributed by atoms with Crippen molar-refractivity contribution in [1.82, 2.24) is 0 Å². The molecule has 0 saturated heterocycles. The minimum atomic E-state index is -3.36. The number of hydrogen-bond acceptors (Lipinski definition) is 2. The molecular formula is C13H23O4P. The zero-order chi connectivity index (χ0) is 13.8. The molecule has 1 atom stereocenters. The lowest BCUT2D eigenvalue weighted by molar-refractivity contribution is -0.132. The largest absolute Gasteiger partial charge is 0.478 e. The molecule has 0 radical (unpaired) electrons. The van der Waals surface area contributed by atoms with Crippen molar-refractivity contribution >= 4 is 13.3 Å². The fourth-order valence-electron chi connectivity index (χ4n) is 2.50. The third-order valence-electron chi connectivity index (χ3n) is 3.18. The topological polar surface area (TPSA) is 74.6 Å². The monoisotopic (exact) mass is 274 g/mol. The Morgan fingerprint density at radius 3 is 2.39 bits per heavy atom. The van der Waals surface area contributed by atoms with Crippen LogP contribution >= 0.6 is 7.37 Å². The number of allylic oxidation sites excluding steroid dienone is 1. The van der Waals surface area contributed by atoms with E-state index in [9.17, 15) is 14.3 Å². The second-order valence-corrected chi connectivity index (χ2v) is 8.00.